The van der Waals surface area contributed by atoms with Crippen LogP contribution in [0.2, 0.25) is 0 Å². The molecule has 1 aliphatic rings. The molecule has 0 saturated carbocycles. The Hall–Kier alpha value is -0.700. The Kier molecular flexibility index (Phi) is 8.96. The van der Waals surface area contributed by atoms with E-state index in [0.717, 1.165) is 0 Å². The van der Waals surface area contributed by atoms with Gasteiger partial charge in [0.2, 0.25) is 0 Å². The third-order valence-corrected chi connectivity index (χ3v) is 4.32. The smallest absolute Gasteiger partial charge is 0.314 e. The zero-order valence-corrected chi connectivity index (χ0v) is 16.8. The summed E-state index contributed by atoms with van der Waals surface area (Å²) in [5, 5.41) is 3.11. The molecule has 2 nitrogen and oxygen atoms in total. The summed E-state index contributed by atoms with van der Waals surface area (Å²) in [6.07, 6.45) is -9.40. The van der Waals surface area contributed by atoms with Gasteiger partial charge in [0, 0.05) is 32.2 Å². The molecule has 0 unspecified atom stereocenters. The third kappa shape index (κ3) is 6.41. The zero-order chi connectivity index (χ0) is 19.0. The van der Waals surface area contributed by atoms with Crippen molar-refractivity contribution in [2.45, 2.75) is 39.2 Å². The van der Waals surface area contributed by atoms with Gasteiger partial charge in [-0.2, -0.15) is 26.3 Å². The molecule has 10 heteroatoms. The summed E-state index contributed by atoms with van der Waals surface area (Å²) in [7, 11) is 0. The van der Waals surface area contributed by atoms with Gasteiger partial charge in [0.05, 0.1) is 11.1 Å². The monoisotopic (exact) mass is 440 g/mol. The van der Waals surface area contributed by atoms with E-state index in [4.69, 9.17) is 0 Å². The van der Waals surface area contributed by atoms with Crippen molar-refractivity contribution >= 4 is 24.8 Å². The molecule has 0 amide bonds. The van der Waals surface area contributed by atoms with Crippen LogP contribution >= 0.6 is 24.8 Å². The van der Waals surface area contributed by atoms with Gasteiger partial charge in [-0.3, -0.25) is 4.90 Å². The average Bonchev–Trinajstić information content (AvgIpc) is 2.45. The number of benzene rings is 1. The van der Waals surface area contributed by atoms with E-state index in [2.05, 4.69) is 5.32 Å². The molecule has 1 aromatic carbocycles. The summed E-state index contributed by atoms with van der Waals surface area (Å²) in [5.74, 6) is 0. The fourth-order valence-corrected chi connectivity index (χ4v) is 3.37. The minimum atomic E-state index is -4.71. The van der Waals surface area contributed by atoms with Crippen LogP contribution < -0.4 is 5.32 Å². The van der Waals surface area contributed by atoms with Crippen LogP contribution in [0.3, 0.4) is 0 Å². The highest BCUT2D eigenvalue weighted by molar-refractivity contribution is 5.85. The predicted molar refractivity (Wildman–Crippen MR) is 97.6 cm³/mol. The van der Waals surface area contributed by atoms with Gasteiger partial charge < -0.3 is 5.32 Å². The highest BCUT2D eigenvalue weighted by Crippen LogP contribution is 2.45. The maximum absolute atomic E-state index is 13.5. The lowest BCUT2D eigenvalue weighted by molar-refractivity contribution is -0.142. The van der Waals surface area contributed by atoms with Crippen LogP contribution in [0.4, 0.5) is 26.3 Å². The Morgan fingerprint density at radius 3 is 1.81 bits per heavy atom. The lowest BCUT2D eigenvalue weighted by Gasteiger charge is -2.43. The molecule has 158 valence electrons. The molecule has 1 saturated heterocycles. The highest BCUT2D eigenvalue weighted by Gasteiger charge is 2.42. The van der Waals surface area contributed by atoms with Crippen LogP contribution in [0.25, 0.3) is 0 Å². The Bertz CT molecular complexity index is 605. The molecule has 1 atom stereocenters. The first-order valence-electron chi connectivity index (χ1n) is 8.05. The third-order valence-electron chi connectivity index (χ3n) is 4.32. The van der Waals surface area contributed by atoms with Crippen LogP contribution in [-0.4, -0.2) is 31.1 Å². The molecule has 1 fully saturated rings. The largest absolute Gasteiger partial charge is 0.416 e. The number of hydrogen-bond donors (Lipinski definition) is 1. The Labute approximate surface area is 167 Å². The molecule has 0 spiro atoms. The fraction of sp³-hybridized carbons (Fsp3) is 0.647. The van der Waals surface area contributed by atoms with Gasteiger partial charge in [-0.1, -0.05) is 20.8 Å². The minimum absolute atomic E-state index is 0. The molecular formula is C17H24Cl2F6N2. The van der Waals surface area contributed by atoms with Gasteiger partial charge in [0.25, 0.3) is 0 Å². The van der Waals surface area contributed by atoms with Gasteiger partial charge in [0.15, 0.2) is 0 Å². The second-order valence-electron chi connectivity index (χ2n) is 7.35. The van der Waals surface area contributed by atoms with Gasteiger partial charge in [0.1, 0.15) is 0 Å². The molecule has 0 aromatic heterocycles. The van der Waals surface area contributed by atoms with Crippen molar-refractivity contribution in [2.24, 2.45) is 5.41 Å². The van der Waals surface area contributed by atoms with Crippen molar-refractivity contribution in [3.05, 3.63) is 34.9 Å². The molecule has 1 aromatic rings. The molecule has 1 aliphatic heterocycles. The van der Waals surface area contributed by atoms with E-state index in [-0.39, 0.29) is 30.4 Å². The fourth-order valence-electron chi connectivity index (χ4n) is 3.37. The number of halogens is 8. The number of nitrogens with zero attached hydrogens (tertiary/aromatic N) is 1. The van der Waals surface area contributed by atoms with E-state index < -0.39 is 34.9 Å². The normalized spacial score (nSPS) is 17.7. The summed E-state index contributed by atoms with van der Waals surface area (Å²) in [6, 6.07) is 0.956. The van der Waals surface area contributed by atoms with E-state index in [0.29, 0.717) is 44.4 Å². The zero-order valence-electron chi connectivity index (χ0n) is 15.2. The molecular weight excluding hydrogens is 417 g/mol. The van der Waals surface area contributed by atoms with Crippen LogP contribution in [0.1, 0.15) is 43.5 Å². The molecule has 1 N–H and O–H groups in total. The lowest BCUT2D eigenvalue weighted by Crippen LogP contribution is -2.48. The maximum atomic E-state index is 13.5. The number of nitrogens with one attached hydrogen (secondary N) is 1. The van der Waals surface area contributed by atoms with Crippen molar-refractivity contribution < 1.29 is 26.3 Å². The first-order valence-corrected chi connectivity index (χ1v) is 8.05. The Morgan fingerprint density at radius 2 is 1.41 bits per heavy atom. The van der Waals surface area contributed by atoms with E-state index in [1.54, 1.807) is 20.8 Å². The van der Waals surface area contributed by atoms with Crippen LogP contribution in [0, 0.1) is 5.41 Å². The predicted octanol–water partition coefficient (Wildman–Crippen LogP) is 5.56. The first-order chi connectivity index (χ1) is 11.3. The minimum Gasteiger partial charge on any atom is -0.314 e. The Balaban J connectivity index is 0.00000338. The van der Waals surface area contributed by atoms with E-state index in [1.165, 1.54) is 0 Å². The SMILES string of the molecule is CC(C)(C)[C@@H](c1cc(C(F)(F)F)ccc1C(F)(F)F)N1CCNCC1.Cl.Cl. The quantitative estimate of drug-likeness (QED) is 0.605. The maximum Gasteiger partial charge on any atom is 0.416 e. The summed E-state index contributed by atoms with van der Waals surface area (Å²) in [5.41, 5.74) is -3.03. The van der Waals surface area contributed by atoms with Crippen molar-refractivity contribution in [1.29, 1.82) is 0 Å². The van der Waals surface area contributed by atoms with Crippen molar-refractivity contribution in [1.82, 2.24) is 10.2 Å². The number of rotatable bonds is 2. The van der Waals surface area contributed by atoms with E-state index >= 15 is 0 Å². The van der Waals surface area contributed by atoms with Crippen LogP contribution in [0.15, 0.2) is 18.2 Å². The number of piperazine rings is 1. The lowest BCUT2D eigenvalue weighted by atomic mass is 9.78. The molecule has 1 heterocycles. The topological polar surface area (TPSA) is 15.3 Å². The molecule has 0 radical (unpaired) electrons. The first kappa shape index (κ1) is 26.3. The van der Waals surface area contributed by atoms with Gasteiger partial charge in [-0.05, 0) is 29.2 Å². The van der Waals surface area contributed by atoms with Gasteiger partial charge >= 0.3 is 12.4 Å². The van der Waals surface area contributed by atoms with Crippen molar-refractivity contribution in [2.75, 3.05) is 26.2 Å². The van der Waals surface area contributed by atoms with E-state index in [1.807, 2.05) is 4.90 Å². The second kappa shape index (κ2) is 9.20. The molecule has 0 aliphatic carbocycles. The van der Waals surface area contributed by atoms with Crippen molar-refractivity contribution in [3.8, 4) is 0 Å². The molecule has 0 bridgehead atoms. The van der Waals surface area contributed by atoms with Gasteiger partial charge in [-0.25, -0.2) is 0 Å². The Morgan fingerprint density at radius 1 is 0.889 bits per heavy atom. The van der Waals surface area contributed by atoms with E-state index in [9.17, 15) is 26.3 Å². The molecule has 27 heavy (non-hydrogen) atoms. The average molecular weight is 441 g/mol. The molecule has 2 rings (SSSR count). The highest BCUT2D eigenvalue weighted by atomic mass is 35.5. The second-order valence-corrected chi connectivity index (χ2v) is 7.35. The van der Waals surface area contributed by atoms with Crippen LogP contribution in [-0.2, 0) is 12.4 Å². The number of alkyl halides is 6. The van der Waals surface area contributed by atoms with Gasteiger partial charge in [-0.15, -0.1) is 24.8 Å². The van der Waals surface area contributed by atoms with Crippen LogP contribution in [0.5, 0.6) is 0 Å². The summed E-state index contributed by atoms with van der Waals surface area (Å²) in [6.45, 7) is 7.39. The number of hydrogen-bond acceptors (Lipinski definition) is 2. The summed E-state index contributed by atoms with van der Waals surface area (Å²) >= 11 is 0. The summed E-state index contributed by atoms with van der Waals surface area (Å²) in [4.78, 5) is 1.83. The standard InChI is InChI=1S/C17H22F6N2.2ClH/c1-15(2,3)14(25-8-6-24-7-9-25)12-10-11(16(18,19)20)4-5-13(12)17(21,22)23;;/h4-5,10,14,24H,6-9H2,1-3H3;2*1H/t14-;;/m1../s1. The summed E-state index contributed by atoms with van der Waals surface area (Å²) < 4.78 is 79.7. The van der Waals surface area contributed by atoms with Crippen molar-refractivity contribution in [3.63, 3.8) is 0 Å².